The summed E-state index contributed by atoms with van der Waals surface area (Å²) in [4.78, 5) is 62.5. The van der Waals surface area contributed by atoms with E-state index in [0.717, 1.165) is 5.56 Å². The number of carbonyl (C=O) groups is 5. The van der Waals surface area contributed by atoms with Gasteiger partial charge in [-0.25, -0.2) is 8.42 Å². The SMILES string of the molecule is C=C(CS)NCC(=O)NCC(=O)NCC(=O)C(N)CCCS(=O)(=O)NC(=O)Cc1c(C)n(C(=O)c2ccc(Cl)cc2)c2ccc(C)cc12. The normalized spacial score (nSPS) is 11.9. The number of aryl methyl sites for hydroxylation is 1. The van der Waals surface area contributed by atoms with Crippen molar-refractivity contribution in [3.05, 3.63) is 82.1 Å². The van der Waals surface area contributed by atoms with Crippen LogP contribution in [-0.4, -0.2) is 79.6 Å². The molecule has 1 aromatic heterocycles. The number of amides is 3. The quantitative estimate of drug-likeness (QED) is 0.112. The lowest BCUT2D eigenvalue weighted by molar-refractivity contribution is -0.127. The van der Waals surface area contributed by atoms with Crippen LogP contribution in [0.1, 0.15) is 40.0 Å². The number of thiol groups is 1. The van der Waals surface area contributed by atoms with E-state index in [1.165, 1.54) is 4.57 Å². The van der Waals surface area contributed by atoms with E-state index in [9.17, 15) is 32.4 Å². The van der Waals surface area contributed by atoms with Crippen molar-refractivity contribution in [2.24, 2.45) is 5.73 Å². The number of nitrogens with zero attached hydrogens (tertiary/aromatic N) is 1. The van der Waals surface area contributed by atoms with E-state index < -0.39 is 51.9 Å². The summed E-state index contributed by atoms with van der Waals surface area (Å²) in [6.07, 6.45) is -0.345. The Labute approximate surface area is 289 Å². The van der Waals surface area contributed by atoms with Crippen molar-refractivity contribution in [3.8, 4) is 0 Å². The fraction of sp³-hybridized carbons (Fsp3) is 0.344. The third-order valence-electron chi connectivity index (χ3n) is 7.33. The molecule has 0 aliphatic carbocycles. The molecule has 2 aromatic carbocycles. The highest BCUT2D eigenvalue weighted by atomic mass is 35.5. The highest BCUT2D eigenvalue weighted by Gasteiger charge is 2.24. The van der Waals surface area contributed by atoms with Crippen LogP contribution < -0.4 is 26.4 Å². The van der Waals surface area contributed by atoms with Crippen LogP contribution in [-0.2, 0) is 35.6 Å². The van der Waals surface area contributed by atoms with Crippen molar-refractivity contribution in [2.45, 2.75) is 39.2 Å². The summed E-state index contributed by atoms with van der Waals surface area (Å²) in [5.74, 6) is -2.82. The van der Waals surface area contributed by atoms with Gasteiger partial charge in [-0.05, 0) is 68.7 Å². The van der Waals surface area contributed by atoms with Crippen molar-refractivity contribution < 1.29 is 32.4 Å². The molecular formula is C32H39ClN6O7S2. The van der Waals surface area contributed by atoms with Crippen LogP contribution in [0.4, 0.5) is 0 Å². The first kappa shape index (κ1) is 38.3. The molecule has 3 amide bonds. The van der Waals surface area contributed by atoms with E-state index in [-0.39, 0.29) is 38.3 Å². The number of fused-ring (bicyclic) bond motifs is 1. The maximum Gasteiger partial charge on any atom is 0.262 e. The van der Waals surface area contributed by atoms with Crippen molar-refractivity contribution >= 4 is 74.6 Å². The van der Waals surface area contributed by atoms with E-state index in [1.807, 2.05) is 19.1 Å². The molecular weight excluding hydrogens is 680 g/mol. The second-order valence-electron chi connectivity index (χ2n) is 11.1. The molecule has 0 saturated carbocycles. The Hall–Kier alpha value is -4.18. The number of aromatic nitrogens is 1. The summed E-state index contributed by atoms with van der Waals surface area (Å²) in [6.45, 7) is 6.36. The van der Waals surface area contributed by atoms with Gasteiger partial charge in [0.2, 0.25) is 27.7 Å². The summed E-state index contributed by atoms with van der Waals surface area (Å²) in [7, 11) is -4.08. The fourth-order valence-corrected chi connectivity index (χ4v) is 6.07. The summed E-state index contributed by atoms with van der Waals surface area (Å²) >= 11 is 9.98. The predicted molar refractivity (Wildman–Crippen MR) is 187 cm³/mol. The Kier molecular flexibility index (Phi) is 13.8. The van der Waals surface area contributed by atoms with E-state index in [4.69, 9.17) is 17.3 Å². The predicted octanol–water partition coefficient (Wildman–Crippen LogP) is 1.53. The van der Waals surface area contributed by atoms with Crippen molar-refractivity contribution in [1.82, 2.24) is 25.2 Å². The van der Waals surface area contributed by atoms with Crippen LogP contribution in [0.15, 0.2) is 54.7 Å². The van der Waals surface area contributed by atoms with Gasteiger partial charge in [0.1, 0.15) is 0 Å². The van der Waals surface area contributed by atoms with Crippen LogP contribution in [0.25, 0.3) is 10.9 Å². The Balaban J connectivity index is 1.52. The minimum Gasteiger partial charge on any atom is -0.379 e. The Morgan fingerprint density at radius 3 is 2.21 bits per heavy atom. The number of benzene rings is 2. The summed E-state index contributed by atoms with van der Waals surface area (Å²) in [5, 5.41) is 8.59. The van der Waals surface area contributed by atoms with Crippen LogP contribution in [0.5, 0.6) is 0 Å². The molecule has 16 heteroatoms. The van der Waals surface area contributed by atoms with Gasteiger partial charge in [0, 0.05) is 33.1 Å². The van der Waals surface area contributed by atoms with Gasteiger partial charge in [0.25, 0.3) is 5.91 Å². The third-order valence-corrected chi connectivity index (χ3v) is 9.33. The molecule has 0 radical (unpaired) electrons. The van der Waals surface area contributed by atoms with Crippen molar-refractivity contribution in [1.29, 1.82) is 0 Å². The summed E-state index contributed by atoms with van der Waals surface area (Å²) in [6, 6.07) is 10.8. The fourth-order valence-electron chi connectivity index (χ4n) is 4.76. The number of halogens is 1. The maximum absolute atomic E-state index is 13.5. The first-order chi connectivity index (χ1) is 22.6. The molecule has 0 saturated heterocycles. The lowest BCUT2D eigenvalue weighted by Gasteiger charge is -2.12. The van der Waals surface area contributed by atoms with Gasteiger partial charge in [-0.1, -0.05) is 29.8 Å². The molecule has 0 aliphatic heterocycles. The van der Waals surface area contributed by atoms with Gasteiger partial charge in [-0.15, -0.1) is 0 Å². The first-order valence-corrected chi connectivity index (χ1v) is 17.6. The molecule has 3 rings (SSSR count). The molecule has 0 spiro atoms. The first-order valence-electron chi connectivity index (χ1n) is 14.9. The molecule has 0 fully saturated rings. The molecule has 1 unspecified atom stereocenters. The minimum atomic E-state index is -4.08. The van der Waals surface area contributed by atoms with E-state index in [2.05, 4.69) is 39.9 Å². The zero-order valence-corrected chi connectivity index (χ0v) is 29.1. The van der Waals surface area contributed by atoms with Crippen molar-refractivity contribution in [2.75, 3.05) is 31.1 Å². The van der Waals surface area contributed by atoms with Gasteiger partial charge >= 0.3 is 0 Å². The molecule has 1 heterocycles. The van der Waals surface area contributed by atoms with Crippen molar-refractivity contribution in [3.63, 3.8) is 0 Å². The van der Waals surface area contributed by atoms with Crippen LogP contribution in [0.3, 0.4) is 0 Å². The molecule has 48 heavy (non-hydrogen) atoms. The van der Waals surface area contributed by atoms with E-state index in [1.54, 1.807) is 37.3 Å². The average Bonchev–Trinajstić information content (AvgIpc) is 3.30. The topological polar surface area (TPSA) is 199 Å². The average molecular weight is 719 g/mol. The number of nitrogens with two attached hydrogens (primary N) is 1. The third kappa shape index (κ3) is 10.9. The monoisotopic (exact) mass is 718 g/mol. The maximum atomic E-state index is 13.5. The van der Waals surface area contributed by atoms with Crippen LogP contribution in [0, 0.1) is 13.8 Å². The summed E-state index contributed by atoms with van der Waals surface area (Å²) in [5.41, 5.74) is 9.29. The van der Waals surface area contributed by atoms with Gasteiger partial charge in [0.15, 0.2) is 5.78 Å². The second kappa shape index (κ2) is 17.3. The molecule has 0 bridgehead atoms. The molecule has 0 aliphatic rings. The smallest absolute Gasteiger partial charge is 0.262 e. The van der Waals surface area contributed by atoms with Gasteiger partial charge in [0.05, 0.1) is 43.4 Å². The van der Waals surface area contributed by atoms with Gasteiger partial charge in [-0.2, -0.15) is 12.6 Å². The summed E-state index contributed by atoms with van der Waals surface area (Å²) < 4.78 is 29.0. The Morgan fingerprint density at radius 1 is 0.938 bits per heavy atom. The number of carbonyl (C=O) groups excluding carboxylic acids is 5. The number of ketones is 1. The zero-order valence-electron chi connectivity index (χ0n) is 26.6. The number of nitrogens with one attached hydrogen (secondary N) is 4. The molecule has 3 aromatic rings. The zero-order chi connectivity index (χ0) is 35.6. The number of hydrogen-bond acceptors (Lipinski definition) is 10. The van der Waals surface area contributed by atoms with Crippen LogP contribution in [0.2, 0.25) is 5.02 Å². The lowest BCUT2D eigenvalue weighted by atomic mass is 10.1. The minimum absolute atomic E-state index is 0.0140. The molecule has 13 nitrogen and oxygen atoms in total. The van der Waals surface area contributed by atoms with E-state index in [0.29, 0.717) is 44.2 Å². The largest absolute Gasteiger partial charge is 0.379 e. The van der Waals surface area contributed by atoms with Gasteiger partial charge in [-0.3, -0.25) is 33.3 Å². The number of hydrogen-bond donors (Lipinski definition) is 6. The van der Waals surface area contributed by atoms with Gasteiger partial charge < -0.3 is 21.7 Å². The highest BCUT2D eigenvalue weighted by Crippen LogP contribution is 2.29. The standard InChI is InChI=1S/C32H39ClN6O7S2/c1-19-6-11-27-25(13-19)24(21(3)39(27)32(44)22-7-9-23(33)10-8-22)14-29(41)38-48(45,46)12-4-5-26(34)28(40)15-36-31(43)17-37-30(42)16-35-20(2)18-47/h6-11,13,26,35,47H,2,4-5,12,14-18,34H2,1,3H3,(H,36,43)(H,37,42)(H,38,41). The van der Waals surface area contributed by atoms with Crippen LogP contribution >= 0.6 is 24.2 Å². The van der Waals surface area contributed by atoms with E-state index >= 15 is 0 Å². The molecule has 6 N–H and O–H groups in total. The second-order valence-corrected chi connectivity index (χ2v) is 13.7. The lowest BCUT2D eigenvalue weighted by Crippen LogP contribution is -2.44. The Bertz CT molecular complexity index is 1820. The molecule has 258 valence electrons. The highest BCUT2D eigenvalue weighted by molar-refractivity contribution is 7.90. The molecule has 1 atom stereocenters. The Morgan fingerprint density at radius 2 is 1.56 bits per heavy atom. The number of sulfonamides is 1. The number of rotatable bonds is 17. The number of Topliss-reactive ketones (excluding diaryl/α,β-unsaturated/α-hetero) is 1.